The number of rotatable bonds is 2. The van der Waals surface area contributed by atoms with Crippen LogP contribution in [0, 0.1) is 11.3 Å². The second-order valence-electron chi connectivity index (χ2n) is 4.39. The van der Waals surface area contributed by atoms with E-state index in [0.29, 0.717) is 5.56 Å². The first kappa shape index (κ1) is 12.1. The molecule has 0 saturated heterocycles. The molecule has 3 rings (SSSR count). The van der Waals surface area contributed by atoms with Crippen LogP contribution in [0.15, 0.2) is 66.9 Å². The van der Waals surface area contributed by atoms with E-state index in [1.165, 1.54) is 0 Å². The molecule has 3 aromatic rings. The molecule has 0 aliphatic heterocycles. The maximum absolute atomic E-state index is 8.96. The number of nitrogens with zero attached hydrogens (tertiary/aromatic N) is 3. The highest BCUT2D eigenvalue weighted by Gasteiger charge is 2.04. The standard InChI is InChI=1S/C17H11N3/c18-11-13-5-4-8-15(9-13)17-10-16(12-19-20-17)14-6-2-1-3-7-14/h1-10,12H. The monoisotopic (exact) mass is 257 g/mol. The summed E-state index contributed by atoms with van der Waals surface area (Å²) in [6.07, 6.45) is 1.74. The van der Waals surface area contributed by atoms with Gasteiger partial charge in [0.05, 0.1) is 23.5 Å². The van der Waals surface area contributed by atoms with E-state index in [2.05, 4.69) is 16.3 Å². The normalized spacial score (nSPS) is 9.95. The van der Waals surface area contributed by atoms with Crippen LogP contribution in [-0.2, 0) is 0 Å². The van der Waals surface area contributed by atoms with E-state index in [1.807, 2.05) is 54.6 Å². The zero-order valence-corrected chi connectivity index (χ0v) is 10.7. The highest BCUT2D eigenvalue weighted by atomic mass is 15.1. The van der Waals surface area contributed by atoms with E-state index < -0.39 is 0 Å². The Balaban J connectivity index is 2.06. The Labute approximate surface area is 117 Å². The SMILES string of the molecule is N#Cc1cccc(-c2cc(-c3ccccc3)cnn2)c1. The van der Waals surface area contributed by atoms with E-state index in [1.54, 1.807) is 12.3 Å². The van der Waals surface area contributed by atoms with Crippen molar-refractivity contribution in [2.75, 3.05) is 0 Å². The molecular formula is C17H11N3. The van der Waals surface area contributed by atoms with Crippen LogP contribution < -0.4 is 0 Å². The molecule has 0 fully saturated rings. The van der Waals surface area contributed by atoms with Gasteiger partial charge in [-0.25, -0.2) is 0 Å². The molecule has 2 aromatic carbocycles. The lowest BCUT2D eigenvalue weighted by atomic mass is 10.0. The molecule has 3 heteroatoms. The van der Waals surface area contributed by atoms with Gasteiger partial charge < -0.3 is 0 Å². The first-order valence-electron chi connectivity index (χ1n) is 6.25. The molecule has 0 amide bonds. The number of hydrogen-bond donors (Lipinski definition) is 0. The molecule has 0 spiro atoms. The van der Waals surface area contributed by atoms with Gasteiger partial charge in [-0.05, 0) is 23.8 Å². The first-order valence-corrected chi connectivity index (χ1v) is 6.25. The third kappa shape index (κ3) is 2.40. The highest BCUT2D eigenvalue weighted by Crippen LogP contribution is 2.23. The Morgan fingerprint density at radius 1 is 0.800 bits per heavy atom. The zero-order valence-electron chi connectivity index (χ0n) is 10.7. The van der Waals surface area contributed by atoms with Crippen molar-refractivity contribution in [2.24, 2.45) is 0 Å². The molecule has 1 heterocycles. The summed E-state index contributed by atoms with van der Waals surface area (Å²) in [6.45, 7) is 0. The number of aromatic nitrogens is 2. The molecule has 0 aliphatic rings. The van der Waals surface area contributed by atoms with Crippen LogP contribution in [0.5, 0.6) is 0 Å². The Morgan fingerprint density at radius 2 is 1.60 bits per heavy atom. The van der Waals surface area contributed by atoms with Crippen LogP contribution in [0.3, 0.4) is 0 Å². The Morgan fingerprint density at radius 3 is 2.40 bits per heavy atom. The zero-order chi connectivity index (χ0) is 13.8. The van der Waals surface area contributed by atoms with Gasteiger partial charge in [-0.2, -0.15) is 15.5 Å². The molecule has 0 N–H and O–H groups in total. The summed E-state index contributed by atoms with van der Waals surface area (Å²) in [6, 6.07) is 21.5. The minimum absolute atomic E-state index is 0.620. The van der Waals surface area contributed by atoms with Crippen LogP contribution in [0.1, 0.15) is 5.56 Å². The van der Waals surface area contributed by atoms with Gasteiger partial charge in [-0.15, -0.1) is 0 Å². The predicted molar refractivity (Wildman–Crippen MR) is 77.6 cm³/mol. The van der Waals surface area contributed by atoms with Gasteiger partial charge in [0.1, 0.15) is 0 Å². The lowest BCUT2D eigenvalue weighted by molar-refractivity contribution is 1.04. The van der Waals surface area contributed by atoms with Crippen molar-refractivity contribution in [3.05, 3.63) is 72.4 Å². The van der Waals surface area contributed by atoms with Crippen molar-refractivity contribution < 1.29 is 0 Å². The van der Waals surface area contributed by atoms with Gasteiger partial charge in [-0.3, -0.25) is 0 Å². The van der Waals surface area contributed by atoms with Gasteiger partial charge in [-0.1, -0.05) is 42.5 Å². The average molecular weight is 257 g/mol. The van der Waals surface area contributed by atoms with Gasteiger partial charge in [0.15, 0.2) is 0 Å². The van der Waals surface area contributed by atoms with Crippen molar-refractivity contribution in [1.29, 1.82) is 5.26 Å². The van der Waals surface area contributed by atoms with Gasteiger partial charge in [0.25, 0.3) is 0 Å². The van der Waals surface area contributed by atoms with Gasteiger partial charge in [0, 0.05) is 11.1 Å². The molecule has 20 heavy (non-hydrogen) atoms. The molecule has 0 unspecified atom stereocenters. The second kappa shape index (κ2) is 5.33. The fourth-order valence-electron chi connectivity index (χ4n) is 2.04. The summed E-state index contributed by atoms with van der Waals surface area (Å²) in [5.41, 5.74) is 4.39. The van der Waals surface area contributed by atoms with E-state index in [0.717, 1.165) is 22.4 Å². The fourth-order valence-corrected chi connectivity index (χ4v) is 2.04. The lowest BCUT2D eigenvalue weighted by Gasteiger charge is -2.04. The molecule has 0 radical (unpaired) electrons. The molecule has 3 nitrogen and oxygen atoms in total. The summed E-state index contributed by atoms with van der Waals surface area (Å²) in [5, 5.41) is 17.2. The quantitative estimate of drug-likeness (QED) is 0.703. The predicted octanol–water partition coefficient (Wildman–Crippen LogP) is 3.68. The smallest absolute Gasteiger partial charge is 0.0991 e. The average Bonchev–Trinajstić information content (AvgIpc) is 2.56. The van der Waals surface area contributed by atoms with Crippen molar-refractivity contribution >= 4 is 0 Å². The Hall–Kier alpha value is -2.99. The first-order chi connectivity index (χ1) is 9.86. The maximum atomic E-state index is 8.96. The maximum Gasteiger partial charge on any atom is 0.0991 e. The fraction of sp³-hybridized carbons (Fsp3) is 0. The van der Waals surface area contributed by atoms with Crippen molar-refractivity contribution in [3.8, 4) is 28.5 Å². The molecule has 0 saturated carbocycles. The van der Waals surface area contributed by atoms with Crippen molar-refractivity contribution in [1.82, 2.24) is 10.2 Å². The molecule has 0 atom stereocenters. The third-order valence-electron chi connectivity index (χ3n) is 3.05. The molecule has 94 valence electrons. The van der Waals surface area contributed by atoms with Crippen LogP contribution in [0.25, 0.3) is 22.4 Å². The molecular weight excluding hydrogens is 246 g/mol. The molecule has 0 bridgehead atoms. The van der Waals surface area contributed by atoms with Gasteiger partial charge >= 0.3 is 0 Å². The van der Waals surface area contributed by atoms with Crippen LogP contribution in [0.2, 0.25) is 0 Å². The van der Waals surface area contributed by atoms with E-state index in [4.69, 9.17) is 5.26 Å². The third-order valence-corrected chi connectivity index (χ3v) is 3.05. The molecule has 1 aromatic heterocycles. The van der Waals surface area contributed by atoms with Crippen LogP contribution in [0.4, 0.5) is 0 Å². The second-order valence-corrected chi connectivity index (χ2v) is 4.39. The topological polar surface area (TPSA) is 49.6 Å². The summed E-state index contributed by atoms with van der Waals surface area (Å²) in [7, 11) is 0. The largest absolute Gasteiger partial charge is 0.192 e. The Bertz CT molecular complexity index is 773. The lowest BCUT2D eigenvalue weighted by Crippen LogP contribution is -1.89. The minimum atomic E-state index is 0.620. The minimum Gasteiger partial charge on any atom is -0.192 e. The number of hydrogen-bond acceptors (Lipinski definition) is 3. The van der Waals surface area contributed by atoms with Gasteiger partial charge in [0.2, 0.25) is 0 Å². The van der Waals surface area contributed by atoms with E-state index >= 15 is 0 Å². The van der Waals surface area contributed by atoms with E-state index in [-0.39, 0.29) is 0 Å². The summed E-state index contributed by atoms with van der Waals surface area (Å²) >= 11 is 0. The van der Waals surface area contributed by atoms with Crippen molar-refractivity contribution in [3.63, 3.8) is 0 Å². The van der Waals surface area contributed by atoms with Crippen LogP contribution in [-0.4, -0.2) is 10.2 Å². The molecule has 0 aliphatic carbocycles. The van der Waals surface area contributed by atoms with E-state index in [9.17, 15) is 0 Å². The Kier molecular flexibility index (Phi) is 3.22. The summed E-state index contributed by atoms with van der Waals surface area (Å²) < 4.78 is 0. The number of nitriles is 1. The highest BCUT2D eigenvalue weighted by molar-refractivity contribution is 5.69. The summed E-state index contributed by atoms with van der Waals surface area (Å²) in [5.74, 6) is 0. The summed E-state index contributed by atoms with van der Waals surface area (Å²) in [4.78, 5) is 0. The number of benzene rings is 2. The van der Waals surface area contributed by atoms with Crippen LogP contribution >= 0.6 is 0 Å². The van der Waals surface area contributed by atoms with Crippen molar-refractivity contribution in [2.45, 2.75) is 0 Å².